The van der Waals surface area contributed by atoms with Crippen LogP contribution >= 0.6 is 8.60 Å². The Kier molecular flexibility index (Phi) is 32.0. The van der Waals surface area contributed by atoms with E-state index in [2.05, 4.69) is 10.8 Å². The van der Waals surface area contributed by atoms with Crippen LogP contribution in [0, 0.1) is 5.41 Å². The van der Waals surface area contributed by atoms with E-state index in [-0.39, 0.29) is 75.8 Å². The molecule has 0 aliphatic carbocycles. The van der Waals surface area contributed by atoms with Crippen molar-refractivity contribution in [3.8, 4) is 0 Å². The Labute approximate surface area is 198 Å². The van der Waals surface area contributed by atoms with Crippen molar-refractivity contribution < 1.29 is 75.0 Å². The number of nitrogens with zero attached hydrogens (tertiary/aromatic N) is 1. The zero-order valence-electron chi connectivity index (χ0n) is 17.9. The van der Waals surface area contributed by atoms with Crippen LogP contribution in [0.4, 0.5) is 0 Å². The van der Waals surface area contributed by atoms with Gasteiger partial charge >= 0.3 is 60.0 Å². The van der Waals surface area contributed by atoms with E-state index in [9.17, 15) is 9.69 Å². The molecule has 2 N–H and O–H groups in total. The van der Waals surface area contributed by atoms with E-state index in [0.29, 0.717) is 13.2 Å². The fourth-order valence-electron chi connectivity index (χ4n) is 1.17. The van der Waals surface area contributed by atoms with Gasteiger partial charge in [0.2, 0.25) is 0 Å². The van der Waals surface area contributed by atoms with Gasteiger partial charge in [-0.15, -0.1) is 6.54 Å². The maximum atomic E-state index is 11.2. The summed E-state index contributed by atoms with van der Waals surface area (Å²) in [7, 11) is -0.340. The van der Waals surface area contributed by atoms with Crippen LogP contribution in [-0.4, -0.2) is 50.1 Å². The van der Waals surface area contributed by atoms with E-state index >= 15 is 0 Å². The van der Waals surface area contributed by atoms with E-state index in [4.69, 9.17) is 13.9 Å². The number of Topliss-reactive ketones (excluding diaryl/α,β-unsaturated/α-hetero) is 1. The van der Waals surface area contributed by atoms with E-state index < -0.39 is 14.6 Å². The van der Waals surface area contributed by atoms with Gasteiger partial charge in [0.1, 0.15) is 5.78 Å². The number of nitrogens with one attached hydrogen (secondary N) is 1. The normalized spacial score (nSPS) is 12.6. The average molecular weight is 409 g/mol. The Morgan fingerprint density at radius 2 is 1.76 bits per heavy atom. The fourth-order valence-corrected chi connectivity index (χ4v) is 1.98. The summed E-state index contributed by atoms with van der Waals surface area (Å²) in [6.07, 6.45) is 0. The molecule has 148 valence electrons. The first-order chi connectivity index (χ1) is 11.3. The molecular formula is C16H38KN2O5P. The standard InChI is InChI=1S/C12H26N2O5P.2C2H6.K/c1-6-17-14-8-12(3,4)9-19-20(16)18-7-11(13-5)10(2)15;2*1-2;/h11,13,16H,6-9H2,1-5H3;2*1-2H3;/q-1;;;+1. The topological polar surface area (TPSA) is 91.1 Å². The van der Waals surface area contributed by atoms with Crippen molar-refractivity contribution in [1.82, 2.24) is 5.32 Å². The van der Waals surface area contributed by atoms with Crippen LogP contribution in [0.2, 0.25) is 0 Å². The Morgan fingerprint density at radius 1 is 1.24 bits per heavy atom. The second-order valence-electron chi connectivity index (χ2n) is 5.13. The van der Waals surface area contributed by atoms with Gasteiger partial charge < -0.3 is 29.6 Å². The molecule has 2 unspecified atom stereocenters. The quantitative estimate of drug-likeness (QED) is 0.215. The zero-order chi connectivity index (χ0) is 19.6. The maximum absolute atomic E-state index is 11.2. The number of hydrogen-bond acceptors (Lipinski definition) is 6. The predicted molar refractivity (Wildman–Crippen MR) is 101 cm³/mol. The van der Waals surface area contributed by atoms with E-state index in [1.165, 1.54) is 6.92 Å². The molecule has 7 nitrogen and oxygen atoms in total. The zero-order valence-corrected chi connectivity index (χ0v) is 21.9. The summed E-state index contributed by atoms with van der Waals surface area (Å²) >= 11 is 0. The van der Waals surface area contributed by atoms with Gasteiger partial charge in [0.25, 0.3) is 0 Å². The van der Waals surface area contributed by atoms with Crippen molar-refractivity contribution in [3.63, 3.8) is 0 Å². The first-order valence-electron chi connectivity index (χ1n) is 8.53. The van der Waals surface area contributed by atoms with Crippen LogP contribution in [0.1, 0.15) is 55.4 Å². The Hall–Kier alpha value is 1.50. The van der Waals surface area contributed by atoms with Gasteiger partial charge in [0.05, 0.1) is 19.3 Å². The molecule has 0 saturated carbocycles. The third kappa shape index (κ3) is 23.5. The molecule has 25 heavy (non-hydrogen) atoms. The molecule has 0 aromatic rings. The molecule has 0 aromatic heterocycles. The smallest absolute Gasteiger partial charge is 0.534 e. The predicted octanol–water partition coefficient (Wildman–Crippen LogP) is 0.824. The van der Waals surface area contributed by atoms with Crippen molar-refractivity contribution in [3.05, 3.63) is 5.48 Å². The number of carbonyl (C=O) groups excluding carboxylic acids is 1. The van der Waals surface area contributed by atoms with Crippen LogP contribution < -0.4 is 56.7 Å². The van der Waals surface area contributed by atoms with Gasteiger partial charge in [-0.1, -0.05) is 41.5 Å². The van der Waals surface area contributed by atoms with Crippen molar-refractivity contribution in [1.29, 1.82) is 0 Å². The van der Waals surface area contributed by atoms with E-state index in [1.807, 2.05) is 48.5 Å². The molecule has 0 bridgehead atoms. The second kappa shape index (κ2) is 23.5. The number of carbonyl (C=O) groups is 1. The molecule has 2 atom stereocenters. The largest absolute Gasteiger partial charge is 1.00 e. The van der Waals surface area contributed by atoms with Crippen LogP contribution in [0.25, 0.3) is 5.48 Å². The molecule has 0 aliphatic rings. The third-order valence-electron chi connectivity index (χ3n) is 2.47. The van der Waals surface area contributed by atoms with Crippen LogP contribution in [0.15, 0.2) is 0 Å². The molecule has 0 heterocycles. The van der Waals surface area contributed by atoms with Gasteiger partial charge in [0.15, 0.2) is 0 Å². The first-order valence-corrected chi connectivity index (χ1v) is 9.66. The van der Waals surface area contributed by atoms with Gasteiger partial charge in [-0.3, -0.25) is 4.79 Å². The van der Waals surface area contributed by atoms with Crippen molar-refractivity contribution in [2.45, 2.75) is 61.4 Å². The number of hydrogen-bond donors (Lipinski definition) is 2. The number of rotatable bonds is 12. The number of hydroxylamine groups is 1. The molecule has 0 fully saturated rings. The second-order valence-corrected chi connectivity index (χ2v) is 6.12. The molecular weight excluding hydrogens is 370 g/mol. The molecule has 0 saturated heterocycles. The Morgan fingerprint density at radius 3 is 2.16 bits per heavy atom. The number of ketones is 1. The van der Waals surface area contributed by atoms with Gasteiger partial charge in [0, 0.05) is 6.61 Å². The van der Waals surface area contributed by atoms with E-state index in [1.54, 1.807) is 7.05 Å². The molecule has 0 amide bonds. The van der Waals surface area contributed by atoms with Gasteiger partial charge in [-0.2, -0.15) is 0 Å². The fraction of sp³-hybridized carbons (Fsp3) is 0.938. The Bertz CT molecular complexity index is 287. The monoisotopic (exact) mass is 408 g/mol. The molecule has 0 rings (SSSR count). The first kappa shape index (κ1) is 34.0. The number of likely N-dealkylation sites (N-methyl/N-ethyl adjacent to an activating group) is 1. The minimum absolute atomic E-state index is 0. The van der Waals surface area contributed by atoms with Crippen LogP contribution in [0.3, 0.4) is 0 Å². The minimum Gasteiger partial charge on any atom is -0.534 e. The summed E-state index contributed by atoms with van der Waals surface area (Å²) in [4.78, 5) is 25.7. The summed E-state index contributed by atoms with van der Waals surface area (Å²) in [6, 6.07) is -0.434. The minimum atomic E-state index is -2.00. The molecule has 0 spiro atoms. The van der Waals surface area contributed by atoms with E-state index in [0.717, 1.165) is 0 Å². The van der Waals surface area contributed by atoms with Crippen molar-refractivity contribution >= 4 is 14.4 Å². The van der Waals surface area contributed by atoms with Gasteiger partial charge in [-0.05, 0) is 26.3 Å². The average Bonchev–Trinajstić information content (AvgIpc) is 2.57. The summed E-state index contributed by atoms with van der Waals surface area (Å²) in [6.45, 7) is 16.6. The molecule has 0 aliphatic heterocycles. The molecule has 9 heteroatoms. The van der Waals surface area contributed by atoms with Gasteiger partial charge in [-0.25, -0.2) is 0 Å². The molecule has 0 aromatic carbocycles. The van der Waals surface area contributed by atoms with Crippen LogP contribution in [-0.2, 0) is 18.7 Å². The summed E-state index contributed by atoms with van der Waals surface area (Å²) < 4.78 is 10.4. The SMILES string of the molecule is CC.CC.CCO[N-]CC(C)(C)COP(O)OCC(NC)C(C)=O.[K+]. The summed E-state index contributed by atoms with van der Waals surface area (Å²) in [5.41, 5.74) is 3.64. The maximum Gasteiger partial charge on any atom is 1.00 e. The third-order valence-corrected chi connectivity index (χ3v) is 3.19. The van der Waals surface area contributed by atoms with Crippen molar-refractivity contribution in [2.24, 2.45) is 5.41 Å². The summed E-state index contributed by atoms with van der Waals surface area (Å²) in [5.74, 6) is -0.0493. The van der Waals surface area contributed by atoms with Crippen molar-refractivity contribution in [2.75, 3.05) is 33.4 Å². The van der Waals surface area contributed by atoms with Crippen LogP contribution in [0.5, 0.6) is 0 Å². The summed E-state index contributed by atoms with van der Waals surface area (Å²) in [5, 5.41) is 2.80. The molecule has 0 radical (unpaired) electrons. The Balaban J connectivity index is -0.000000408.